The zero-order chi connectivity index (χ0) is 13.7. The molecule has 0 saturated heterocycles. The van der Waals surface area contributed by atoms with Gasteiger partial charge in [-0.05, 0) is 35.4 Å². The van der Waals surface area contributed by atoms with Crippen molar-refractivity contribution in [2.75, 3.05) is 5.32 Å². The van der Waals surface area contributed by atoms with E-state index in [1.807, 2.05) is 12.1 Å². The van der Waals surface area contributed by atoms with Crippen LogP contribution in [-0.2, 0) is 17.1 Å². The van der Waals surface area contributed by atoms with Gasteiger partial charge in [-0.25, -0.2) is 4.39 Å². The van der Waals surface area contributed by atoms with E-state index in [0.717, 1.165) is 5.56 Å². The van der Waals surface area contributed by atoms with Crippen LogP contribution >= 0.6 is 11.6 Å². The largest absolute Gasteiger partial charge is 0.326 e. The second-order valence-corrected chi connectivity index (χ2v) is 4.45. The molecular weight excluding hydrogens is 265 g/mol. The van der Waals surface area contributed by atoms with Gasteiger partial charge in [0.15, 0.2) is 0 Å². The van der Waals surface area contributed by atoms with Gasteiger partial charge in [-0.3, -0.25) is 4.79 Å². The minimum atomic E-state index is -0.336. The summed E-state index contributed by atoms with van der Waals surface area (Å²) in [5.74, 6) is -0.0710. The summed E-state index contributed by atoms with van der Waals surface area (Å²) in [6.07, 6.45) is 0.148. The Hall–Kier alpha value is -1.87. The van der Waals surface area contributed by atoms with Crippen molar-refractivity contribution in [2.45, 2.75) is 12.3 Å². The smallest absolute Gasteiger partial charge is 0.228 e. The average molecular weight is 278 g/mol. The monoisotopic (exact) mass is 277 g/mol. The molecular formula is C15H13ClFNO. The molecule has 0 spiro atoms. The van der Waals surface area contributed by atoms with Gasteiger partial charge in [0.25, 0.3) is 0 Å². The van der Waals surface area contributed by atoms with Gasteiger partial charge in [0.1, 0.15) is 5.82 Å². The summed E-state index contributed by atoms with van der Waals surface area (Å²) in [5.41, 5.74) is 2.34. The highest BCUT2D eigenvalue weighted by Crippen LogP contribution is 2.12. The minimum absolute atomic E-state index is 0.148. The van der Waals surface area contributed by atoms with E-state index in [9.17, 15) is 9.18 Å². The second-order valence-electron chi connectivity index (χ2n) is 4.19. The van der Waals surface area contributed by atoms with Gasteiger partial charge in [0, 0.05) is 11.6 Å². The maximum Gasteiger partial charge on any atom is 0.228 e. The number of carbonyl (C=O) groups excluding carboxylic acids is 1. The number of nitrogens with one attached hydrogen (secondary N) is 1. The topological polar surface area (TPSA) is 29.1 Å². The molecule has 1 amide bonds. The van der Waals surface area contributed by atoms with E-state index in [2.05, 4.69) is 5.32 Å². The van der Waals surface area contributed by atoms with Gasteiger partial charge in [-0.1, -0.05) is 24.3 Å². The molecule has 0 aromatic heterocycles. The zero-order valence-corrected chi connectivity index (χ0v) is 11.0. The van der Waals surface area contributed by atoms with E-state index >= 15 is 0 Å². The van der Waals surface area contributed by atoms with Crippen molar-refractivity contribution in [3.05, 3.63) is 65.5 Å². The molecule has 0 aliphatic rings. The molecule has 0 saturated carbocycles. The van der Waals surface area contributed by atoms with Crippen LogP contribution in [0.25, 0.3) is 0 Å². The Morgan fingerprint density at radius 1 is 1.11 bits per heavy atom. The fourth-order valence-electron chi connectivity index (χ4n) is 1.71. The molecule has 0 radical (unpaired) electrons. The van der Waals surface area contributed by atoms with Crippen LogP contribution in [0.5, 0.6) is 0 Å². The molecule has 0 fully saturated rings. The molecule has 2 nitrogen and oxygen atoms in total. The number of anilines is 1. The Labute approximate surface area is 116 Å². The highest BCUT2D eigenvalue weighted by Gasteiger charge is 2.05. The van der Waals surface area contributed by atoms with Crippen molar-refractivity contribution in [3.63, 3.8) is 0 Å². The van der Waals surface area contributed by atoms with Crippen LogP contribution in [0.15, 0.2) is 48.5 Å². The fraction of sp³-hybridized carbons (Fsp3) is 0.133. The van der Waals surface area contributed by atoms with Gasteiger partial charge >= 0.3 is 0 Å². The molecule has 2 aromatic rings. The Bertz CT molecular complexity index is 569. The molecule has 0 bridgehead atoms. The Morgan fingerprint density at radius 3 is 2.47 bits per heavy atom. The van der Waals surface area contributed by atoms with E-state index in [1.54, 1.807) is 24.3 Å². The first-order chi connectivity index (χ1) is 9.17. The van der Waals surface area contributed by atoms with Crippen LogP contribution in [0, 0.1) is 5.82 Å². The lowest BCUT2D eigenvalue weighted by molar-refractivity contribution is -0.115. The lowest BCUT2D eigenvalue weighted by atomic mass is 10.1. The fourth-order valence-corrected chi connectivity index (χ4v) is 1.89. The van der Waals surface area contributed by atoms with Crippen molar-refractivity contribution >= 4 is 23.2 Å². The number of amides is 1. The molecule has 98 valence electrons. The number of benzene rings is 2. The molecule has 0 heterocycles. The summed E-state index contributed by atoms with van der Waals surface area (Å²) in [4.78, 5) is 11.8. The maximum absolute atomic E-state index is 13.0. The third kappa shape index (κ3) is 4.07. The lowest BCUT2D eigenvalue weighted by Gasteiger charge is -2.06. The molecule has 2 rings (SSSR count). The predicted molar refractivity (Wildman–Crippen MR) is 74.7 cm³/mol. The van der Waals surface area contributed by atoms with Crippen LogP contribution in [0.4, 0.5) is 10.1 Å². The SMILES string of the molecule is O=C(Cc1cccc(F)c1)Nc1ccc(CCl)cc1. The van der Waals surface area contributed by atoms with Crippen molar-refractivity contribution in [1.82, 2.24) is 0 Å². The van der Waals surface area contributed by atoms with Gasteiger partial charge in [0.05, 0.1) is 6.42 Å². The van der Waals surface area contributed by atoms with Crippen LogP contribution in [0.2, 0.25) is 0 Å². The summed E-state index contributed by atoms with van der Waals surface area (Å²) in [7, 11) is 0. The zero-order valence-electron chi connectivity index (χ0n) is 10.2. The highest BCUT2D eigenvalue weighted by molar-refractivity contribution is 6.17. The molecule has 19 heavy (non-hydrogen) atoms. The number of carbonyl (C=O) groups is 1. The van der Waals surface area contributed by atoms with Crippen molar-refractivity contribution < 1.29 is 9.18 Å². The first-order valence-corrected chi connectivity index (χ1v) is 6.40. The van der Waals surface area contributed by atoms with Crippen molar-refractivity contribution in [3.8, 4) is 0 Å². The average Bonchev–Trinajstić information content (AvgIpc) is 2.39. The van der Waals surface area contributed by atoms with E-state index in [0.29, 0.717) is 17.1 Å². The molecule has 0 aliphatic heterocycles. The normalized spacial score (nSPS) is 10.2. The summed E-state index contributed by atoms with van der Waals surface area (Å²) >= 11 is 5.68. The van der Waals surface area contributed by atoms with E-state index in [-0.39, 0.29) is 18.1 Å². The number of rotatable bonds is 4. The highest BCUT2D eigenvalue weighted by atomic mass is 35.5. The summed E-state index contributed by atoms with van der Waals surface area (Å²) in [6.45, 7) is 0. The lowest BCUT2D eigenvalue weighted by Crippen LogP contribution is -2.14. The Kier molecular flexibility index (Phi) is 4.53. The van der Waals surface area contributed by atoms with E-state index in [4.69, 9.17) is 11.6 Å². The third-order valence-corrected chi connectivity index (χ3v) is 2.95. The minimum Gasteiger partial charge on any atom is -0.326 e. The van der Waals surface area contributed by atoms with Gasteiger partial charge in [-0.15, -0.1) is 11.6 Å². The molecule has 0 aliphatic carbocycles. The summed E-state index contributed by atoms with van der Waals surface area (Å²) in [5, 5.41) is 2.76. The van der Waals surface area contributed by atoms with E-state index < -0.39 is 0 Å². The van der Waals surface area contributed by atoms with Crippen LogP contribution in [0.1, 0.15) is 11.1 Å². The van der Waals surface area contributed by atoms with Crippen molar-refractivity contribution in [1.29, 1.82) is 0 Å². The molecule has 1 N–H and O–H groups in total. The first-order valence-electron chi connectivity index (χ1n) is 5.86. The molecule has 4 heteroatoms. The summed E-state index contributed by atoms with van der Waals surface area (Å²) in [6, 6.07) is 13.3. The van der Waals surface area contributed by atoms with Gasteiger partial charge in [-0.2, -0.15) is 0 Å². The van der Waals surface area contributed by atoms with Crippen LogP contribution in [-0.4, -0.2) is 5.91 Å². The second kappa shape index (κ2) is 6.34. The third-order valence-electron chi connectivity index (χ3n) is 2.65. The number of halogens is 2. The summed E-state index contributed by atoms with van der Waals surface area (Å²) < 4.78 is 13.0. The molecule has 2 aromatic carbocycles. The molecule has 0 atom stereocenters. The van der Waals surface area contributed by atoms with Crippen LogP contribution in [0.3, 0.4) is 0 Å². The van der Waals surface area contributed by atoms with Crippen LogP contribution < -0.4 is 5.32 Å². The number of hydrogen-bond donors (Lipinski definition) is 1. The Morgan fingerprint density at radius 2 is 1.84 bits per heavy atom. The number of alkyl halides is 1. The van der Waals surface area contributed by atoms with Gasteiger partial charge < -0.3 is 5.32 Å². The number of hydrogen-bond acceptors (Lipinski definition) is 1. The first kappa shape index (κ1) is 13.6. The van der Waals surface area contributed by atoms with E-state index in [1.165, 1.54) is 12.1 Å². The van der Waals surface area contributed by atoms with Gasteiger partial charge in [0.2, 0.25) is 5.91 Å². The molecule has 0 unspecified atom stereocenters. The van der Waals surface area contributed by atoms with Crippen molar-refractivity contribution in [2.24, 2.45) is 0 Å². The predicted octanol–water partition coefficient (Wildman–Crippen LogP) is 3.75. The standard InChI is InChI=1S/C15H13ClFNO/c16-10-11-4-6-14(7-5-11)18-15(19)9-12-2-1-3-13(17)8-12/h1-8H,9-10H2,(H,18,19). The Balaban J connectivity index is 1.97. The quantitative estimate of drug-likeness (QED) is 0.848. The maximum atomic E-state index is 13.0.